The van der Waals surface area contributed by atoms with Crippen LogP contribution in [0.25, 0.3) is 0 Å². The van der Waals surface area contributed by atoms with Gasteiger partial charge in [-0.1, -0.05) is 36.0 Å². The third-order valence-electron chi connectivity index (χ3n) is 6.32. The molecule has 4 rings (SSSR count). The minimum atomic E-state index is -0.203. The van der Waals surface area contributed by atoms with Gasteiger partial charge in [0.2, 0.25) is 5.91 Å². The first-order chi connectivity index (χ1) is 15.5. The van der Waals surface area contributed by atoms with Crippen LogP contribution in [0.5, 0.6) is 0 Å². The Bertz CT molecular complexity index is 931. The lowest BCUT2D eigenvalue weighted by atomic mass is 9.91. The van der Waals surface area contributed by atoms with Gasteiger partial charge in [0.25, 0.3) is 5.91 Å². The summed E-state index contributed by atoms with van der Waals surface area (Å²) < 4.78 is 0. The zero-order chi connectivity index (χ0) is 22.5. The van der Waals surface area contributed by atoms with Gasteiger partial charge in [-0.15, -0.1) is 0 Å². The Hall–Kier alpha value is -2.31. The van der Waals surface area contributed by atoms with Crippen molar-refractivity contribution in [2.24, 2.45) is 5.92 Å². The lowest BCUT2D eigenvalue weighted by Crippen LogP contribution is -2.39. The molecule has 1 aromatic heterocycles. The van der Waals surface area contributed by atoms with E-state index in [4.69, 9.17) is 23.2 Å². The van der Waals surface area contributed by atoms with Crippen LogP contribution in [0, 0.1) is 5.92 Å². The second-order valence-corrected chi connectivity index (χ2v) is 9.49. The molecule has 0 spiro atoms. The zero-order valence-electron chi connectivity index (χ0n) is 17.9. The number of halogens is 2. The van der Waals surface area contributed by atoms with Crippen molar-refractivity contribution in [3.05, 3.63) is 57.8 Å². The lowest BCUT2D eigenvalue weighted by Gasteiger charge is -2.32. The molecule has 170 valence electrons. The second kappa shape index (κ2) is 10.5. The molecular weight excluding hydrogens is 447 g/mol. The van der Waals surface area contributed by atoms with Gasteiger partial charge in [0, 0.05) is 59.7 Å². The molecule has 2 N–H and O–H groups in total. The number of fused-ring (bicyclic) bond motifs is 1. The Labute approximate surface area is 198 Å². The Morgan fingerprint density at radius 2 is 1.88 bits per heavy atom. The van der Waals surface area contributed by atoms with Gasteiger partial charge < -0.3 is 15.5 Å². The number of unbranched alkanes of at least 4 members (excludes halogenated alkanes) is 1. The van der Waals surface area contributed by atoms with Crippen LogP contribution >= 0.6 is 23.2 Å². The Morgan fingerprint density at radius 1 is 1.12 bits per heavy atom. The van der Waals surface area contributed by atoms with Gasteiger partial charge in [-0.2, -0.15) is 0 Å². The molecular formula is C24H28Cl2N4O2. The Morgan fingerprint density at radius 3 is 2.59 bits per heavy atom. The molecule has 1 aromatic carbocycles. The van der Waals surface area contributed by atoms with Crippen molar-refractivity contribution in [1.82, 2.24) is 15.2 Å². The standard InChI is InChI=1S/C24H28Cl2N4O2/c25-19-11-17(12-20(26)14-19)24(32)30-9-5-16(6-10-30)3-1-2-7-28-23(31)22-13-18-15-27-8-4-21(18)29-22/h4,8,11-12,14-16,22,29H,1-3,5-7,9-10,13H2,(H,28,31). The van der Waals surface area contributed by atoms with Crippen LogP contribution in [0.2, 0.25) is 10.0 Å². The summed E-state index contributed by atoms with van der Waals surface area (Å²) in [7, 11) is 0. The van der Waals surface area contributed by atoms with Crippen molar-refractivity contribution >= 4 is 40.7 Å². The highest BCUT2D eigenvalue weighted by Crippen LogP contribution is 2.26. The molecule has 1 saturated heterocycles. The lowest BCUT2D eigenvalue weighted by molar-refractivity contribution is -0.121. The molecule has 1 unspecified atom stereocenters. The Balaban J connectivity index is 1.11. The van der Waals surface area contributed by atoms with Crippen LogP contribution in [-0.2, 0) is 11.2 Å². The molecule has 2 aromatic rings. The van der Waals surface area contributed by atoms with Crippen LogP contribution in [0.15, 0.2) is 36.7 Å². The van der Waals surface area contributed by atoms with E-state index in [1.54, 1.807) is 24.4 Å². The fourth-order valence-electron chi connectivity index (χ4n) is 4.52. The first kappa shape index (κ1) is 22.9. The van der Waals surface area contributed by atoms with Crippen molar-refractivity contribution in [1.29, 1.82) is 0 Å². The summed E-state index contributed by atoms with van der Waals surface area (Å²) in [5, 5.41) is 7.27. The SMILES string of the molecule is O=C(NCCCCC1CCN(C(=O)c2cc(Cl)cc(Cl)c2)CC1)C1Cc2cnccc2N1. The number of carbonyl (C=O) groups is 2. The largest absolute Gasteiger partial charge is 0.373 e. The van der Waals surface area contributed by atoms with Crippen LogP contribution in [0.1, 0.15) is 48.0 Å². The summed E-state index contributed by atoms with van der Waals surface area (Å²) in [5.41, 5.74) is 2.65. The van der Waals surface area contributed by atoms with Crippen molar-refractivity contribution in [2.75, 3.05) is 25.0 Å². The molecule has 0 aliphatic carbocycles. The number of aromatic nitrogens is 1. The molecule has 0 saturated carbocycles. The summed E-state index contributed by atoms with van der Waals surface area (Å²) in [6.45, 7) is 2.21. The van der Waals surface area contributed by atoms with Gasteiger partial charge in [-0.3, -0.25) is 14.6 Å². The smallest absolute Gasteiger partial charge is 0.253 e. The molecule has 0 bridgehead atoms. The van der Waals surface area contributed by atoms with Crippen LogP contribution in [-0.4, -0.2) is 47.4 Å². The average Bonchev–Trinajstić information content (AvgIpc) is 3.22. The van der Waals surface area contributed by atoms with Gasteiger partial charge in [0.05, 0.1) is 0 Å². The number of piperidine rings is 1. The van der Waals surface area contributed by atoms with Crippen molar-refractivity contribution in [3.8, 4) is 0 Å². The molecule has 6 nitrogen and oxygen atoms in total. The molecule has 3 heterocycles. The van der Waals surface area contributed by atoms with Crippen molar-refractivity contribution in [2.45, 2.75) is 44.6 Å². The molecule has 2 aliphatic heterocycles. The number of rotatable bonds is 7. The minimum Gasteiger partial charge on any atom is -0.373 e. The highest BCUT2D eigenvalue weighted by atomic mass is 35.5. The number of benzene rings is 1. The quantitative estimate of drug-likeness (QED) is 0.576. The van der Waals surface area contributed by atoms with Crippen LogP contribution < -0.4 is 10.6 Å². The third-order valence-corrected chi connectivity index (χ3v) is 6.76. The average molecular weight is 475 g/mol. The number of amides is 2. The Kier molecular flexibility index (Phi) is 7.53. The number of hydrogen-bond donors (Lipinski definition) is 2. The van der Waals surface area contributed by atoms with E-state index in [1.807, 2.05) is 17.2 Å². The van der Waals surface area contributed by atoms with Gasteiger partial charge in [0.15, 0.2) is 0 Å². The molecule has 8 heteroatoms. The number of carbonyl (C=O) groups excluding carboxylic acids is 2. The van der Waals surface area contributed by atoms with E-state index in [-0.39, 0.29) is 17.9 Å². The first-order valence-corrected chi connectivity index (χ1v) is 12.0. The summed E-state index contributed by atoms with van der Waals surface area (Å²) in [6.07, 6.45) is 9.42. The monoisotopic (exact) mass is 474 g/mol. The van der Waals surface area contributed by atoms with E-state index < -0.39 is 0 Å². The van der Waals surface area contributed by atoms with Crippen LogP contribution in [0.3, 0.4) is 0 Å². The summed E-state index contributed by atoms with van der Waals surface area (Å²) in [5.74, 6) is 0.666. The van der Waals surface area contributed by atoms with E-state index in [0.29, 0.717) is 34.5 Å². The van der Waals surface area contributed by atoms with Gasteiger partial charge >= 0.3 is 0 Å². The minimum absolute atomic E-state index is 0.00554. The van der Waals surface area contributed by atoms with Crippen molar-refractivity contribution in [3.63, 3.8) is 0 Å². The molecule has 32 heavy (non-hydrogen) atoms. The number of nitrogens with one attached hydrogen (secondary N) is 2. The highest BCUT2D eigenvalue weighted by Gasteiger charge is 2.26. The van der Waals surface area contributed by atoms with E-state index in [9.17, 15) is 9.59 Å². The van der Waals surface area contributed by atoms with Crippen molar-refractivity contribution < 1.29 is 9.59 Å². The highest BCUT2D eigenvalue weighted by molar-refractivity contribution is 6.35. The molecule has 2 aliphatic rings. The van der Waals surface area contributed by atoms with E-state index in [2.05, 4.69) is 15.6 Å². The predicted octanol–water partition coefficient (Wildman–Crippen LogP) is 4.56. The fraction of sp³-hybridized carbons (Fsp3) is 0.458. The number of nitrogens with zero attached hydrogens (tertiary/aromatic N) is 2. The summed E-state index contributed by atoms with van der Waals surface area (Å²) >= 11 is 12.1. The number of likely N-dealkylation sites (tertiary alicyclic amines) is 1. The maximum Gasteiger partial charge on any atom is 0.253 e. The second-order valence-electron chi connectivity index (χ2n) is 8.61. The number of hydrogen-bond acceptors (Lipinski definition) is 4. The molecule has 1 atom stereocenters. The van der Waals surface area contributed by atoms with Gasteiger partial charge in [-0.25, -0.2) is 0 Å². The first-order valence-electron chi connectivity index (χ1n) is 11.2. The molecule has 2 amide bonds. The maximum absolute atomic E-state index is 12.7. The third kappa shape index (κ3) is 5.73. The van der Waals surface area contributed by atoms with E-state index in [0.717, 1.165) is 56.4 Å². The normalized spacial score (nSPS) is 18.2. The zero-order valence-corrected chi connectivity index (χ0v) is 19.5. The van der Waals surface area contributed by atoms with Gasteiger partial charge in [0.1, 0.15) is 6.04 Å². The number of pyridine rings is 1. The van der Waals surface area contributed by atoms with E-state index in [1.165, 1.54) is 0 Å². The summed E-state index contributed by atoms with van der Waals surface area (Å²) in [4.78, 5) is 31.1. The van der Waals surface area contributed by atoms with Crippen LogP contribution in [0.4, 0.5) is 5.69 Å². The molecule has 0 radical (unpaired) electrons. The predicted molar refractivity (Wildman–Crippen MR) is 127 cm³/mol. The maximum atomic E-state index is 12.7. The molecule has 1 fully saturated rings. The van der Waals surface area contributed by atoms with E-state index >= 15 is 0 Å². The number of anilines is 1. The fourth-order valence-corrected chi connectivity index (χ4v) is 5.05. The topological polar surface area (TPSA) is 74.3 Å². The van der Waals surface area contributed by atoms with Gasteiger partial charge in [-0.05, 0) is 55.0 Å². The summed E-state index contributed by atoms with van der Waals surface area (Å²) in [6, 6.07) is 6.69.